The molecule has 0 aliphatic rings. The molecule has 1 aromatic carbocycles. The van der Waals surface area contributed by atoms with Crippen molar-refractivity contribution in [2.45, 2.75) is 104 Å². The fraction of sp³-hybridized carbons (Fsp3) is 0.667. The maximum absolute atomic E-state index is 12.9. The van der Waals surface area contributed by atoms with Crippen LogP contribution in [0.4, 0.5) is 0 Å². The van der Waals surface area contributed by atoms with Gasteiger partial charge in [-0.2, -0.15) is 0 Å². The Kier molecular flexibility index (Phi) is 12.1. The number of benzene rings is 1. The van der Waals surface area contributed by atoms with Crippen LogP contribution in [-0.4, -0.2) is 22.9 Å². The largest absolute Gasteiger partial charge is 0.500 e. The molecule has 2 aromatic rings. The van der Waals surface area contributed by atoms with Gasteiger partial charge in [-0.1, -0.05) is 78.6 Å². The monoisotopic (exact) mass is 445 g/mol. The molecule has 0 fully saturated rings. The van der Waals surface area contributed by atoms with E-state index >= 15 is 0 Å². The van der Waals surface area contributed by atoms with Gasteiger partial charge in [0.1, 0.15) is 5.75 Å². The lowest BCUT2D eigenvalue weighted by Gasteiger charge is -2.17. The average molecular weight is 446 g/mol. The van der Waals surface area contributed by atoms with Crippen LogP contribution in [0.5, 0.6) is 17.2 Å². The summed E-state index contributed by atoms with van der Waals surface area (Å²) < 4.78 is 13.6. The summed E-state index contributed by atoms with van der Waals surface area (Å²) in [4.78, 5) is 12.9. The van der Waals surface area contributed by atoms with Crippen molar-refractivity contribution >= 4 is 10.9 Å². The molecule has 0 aliphatic heterocycles. The summed E-state index contributed by atoms with van der Waals surface area (Å²) in [6, 6.07) is 5.75. The number of pyridine rings is 1. The number of aryl methyl sites for hydroxylation is 1. The summed E-state index contributed by atoms with van der Waals surface area (Å²) >= 11 is 0. The predicted octanol–water partition coefficient (Wildman–Crippen LogP) is 7.21. The van der Waals surface area contributed by atoms with Crippen LogP contribution in [0.3, 0.4) is 0 Å². The van der Waals surface area contributed by atoms with Gasteiger partial charge in [-0.15, -0.1) is 0 Å². The van der Waals surface area contributed by atoms with Crippen LogP contribution in [0, 0.1) is 0 Å². The SMILES string of the molecule is CCCCCCCCOc1ccc2c(OCCCCCC)c(O)c(=O)n(CCCC)c2c1. The van der Waals surface area contributed by atoms with E-state index in [1.165, 1.54) is 32.1 Å². The van der Waals surface area contributed by atoms with Crippen LogP contribution in [0.1, 0.15) is 97.8 Å². The first-order valence-corrected chi connectivity index (χ1v) is 12.8. The number of fused-ring (bicyclic) bond motifs is 1. The lowest BCUT2D eigenvalue weighted by atomic mass is 10.1. The molecule has 5 heteroatoms. The number of rotatable bonds is 17. The van der Waals surface area contributed by atoms with E-state index in [0.29, 0.717) is 25.5 Å². The standard InChI is InChI=1S/C27H43NO4/c1-4-7-10-12-13-15-19-31-22-16-17-23-24(21-22)28(18-9-6-3)27(30)25(29)26(23)32-20-14-11-8-5-2/h16-17,21,29H,4-15,18-20H2,1-3H3. The van der Waals surface area contributed by atoms with Crippen LogP contribution in [0.25, 0.3) is 10.9 Å². The summed E-state index contributed by atoms with van der Waals surface area (Å²) in [7, 11) is 0. The first-order chi connectivity index (χ1) is 15.6. The van der Waals surface area contributed by atoms with Gasteiger partial charge in [-0.25, -0.2) is 0 Å². The fourth-order valence-electron chi connectivity index (χ4n) is 3.94. The fourth-order valence-corrected chi connectivity index (χ4v) is 3.94. The van der Waals surface area contributed by atoms with Crippen molar-refractivity contribution in [3.63, 3.8) is 0 Å². The van der Waals surface area contributed by atoms with Gasteiger partial charge in [0, 0.05) is 18.0 Å². The molecule has 0 saturated heterocycles. The zero-order chi connectivity index (χ0) is 23.2. The molecule has 5 nitrogen and oxygen atoms in total. The van der Waals surface area contributed by atoms with Crippen molar-refractivity contribution in [1.82, 2.24) is 4.57 Å². The highest BCUT2D eigenvalue weighted by Crippen LogP contribution is 2.34. The molecule has 1 N–H and O–H groups in total. The van der Waals surface area contributed by atoms with Crippen LogP contribution >= 0.6 is 0 Å². The van der Waals surface area contributed by atoms with E-state index in [1.807, 2.05) is 18.2 Å². The minimum atomic E-state index is -0.386. The summed E-state index contributed by atoms with van der Waals surface area (Å²) in [5.74, 6) is 0.775. The molecule has 0 atom stereocenters. The van der Waals surface area contributed by atoms with Gasteiger partial charge < -0.3 is 19.1 Å². The maximum Gasteiger partial charge on any atom is 0.297 e. The van der Waals surface area contributed by atoms with Gasteiger partial charge in [-0.05, 0) is 31.4 Å². The van der Waals surface area contributed by atoms with E-state index in [2.05, 4.69) is 20.8 Å². The Morgan fingerprint density at radius 2 is 1.38 bits per heavy atom. The second kappa shape index (κ2) is 14.8. The quantitative estimate of drug-likeness (QED) is 0.261. The van der Waals surface area contributed by atoms with Crippen molar-refractivity contribution < 1.29 is 14.6 Å². The molecule has 0 amide bonds. The number of hydrogen-bond donors (Lipinski definition) is 1. The Morgan fingerprint density at radius 1 is 0.781 bits per heavy atom. The minimum absolute atomic E-state index is 0.287. The molecule has 0 saturated carbocycles. The average Bonchev–Trinajstić information content (AvgIpc) is 2.80. The Morgan fingerprint density at radius 3 is 2.06 bits per heavy atom. The van der Waals surface area contributed by atoms with E-state index in [4.69, 9.17) is 9.47 Å². The van der Waals surface area contributed by atoms with E-state index in [9.17, 15) is 9.90 Å². The summed E-state index contributed by atoms with van der Waals surface area (Å²) in [6.45, 7) is 8.23. The molecule has 1 aromatic heterocycles. The van der Waals surface area contributed by atoms with Crippen molar-refractivity contribution in [2.75, 3.05) is 13.2 Å². The highest BCUT2D eigenvalue weighted by molar-refractivity contribution is 5.88. The topological polar surface area (TPSA) is 60.7 Å². The van der Waals surface area contributed by atoms with Crippen molar-refractivity contribution in [2.24, 2.45) is 0 Å². The molecule has 2 rings (SSSR count). The molecular weight excluding hydrogens is 402 g/mol. The molecular formula is C27H43NO4. The number of ether oxygens (including phenoxy) is 2. The smallest absolute Gasteiger partial charge is 0.297 e. The molecule has 1 heterocycles. The van der Waals surface area contributed by atoms with Gasteiger partial charge in [0.05, 0.1) is 18.7 Å². The van der Waals surface area contributed by atoms with Crippen molar-refractivity contribution in [1.29, 1.82) is 0 Å². The van der Waals surface area contributed by atoms with Crippen molar-refractivity contribution in [3.05, 3.63) is 28.6 Å². The first kappa shape index (κ1) is 26.1. The normalized spacial score (nSPS) is 11.2. The number of hydrogen-bond acceptors (Lipinski definition) is 4. The Hall–Kier alpha value is -2.17. The van der Waals surface area contributed by atoms with Gasteiger partial charge >= 0.3 is 0 Å². The zero-order valence-electron chi connectivity index (χ0n) is 20.5. The first-order valence-electron chi connectivity index (χ1n) is 12.8. The number of aromatic nitrogens is 1. The summed E-state index contributed by atoms with van der Waals surface area (Å²) in [5.41, 5.74) is 0.382. The van der Waals surface area contributed by atoms with Crippen molar-refractivity contribution in [3.8, 4) is 17.2 Å². The molecule has 0 bridgehead atoms. The van der Waals surface area contributed by atoms with Gasteiger partial charge in [-0.3, -0.25) is 4.79 Å². The summed E-state index contributed by atoms with van der Waals surface area (Å²) in [5, 5.41) is 11.4. The highest BCUT2D eigenvalue weighted by Gasteiger charge is 2.18. The lowest BCUT2D eigenvalue weighted by molar-refractivity contribution is 0.290. The highest BCUT2D eigenvalue weighted by atomic mass is 16.5. The molecule has 0 aliphatic carbocycles. The predicted molar refractivity (Wildman–Crippen MR) is 133 cm³/mol. The summed E-state index contributed by atoms with van der Waals surface area (Å²) in [6.07, 6.45) is 13.5. The van der Waals surface area contributed by atoms with E-state index in [0.717, 1.165) is 61.6 Å². The van der Waals surface area contributed by atoms with Crippen LogP contribution < -0.4 is 15.0 Å². The maximum atomic E-state index is 12.9. The number of aromatic hydroxyl groups is 1. The second-order valence-corrected chi connectivity index (χ2v) is 8.69. The molecule has 0 spiro atoms. The van der Waals surface area contributed by atoms with E-state index in [-0.39, 0.29) is 11.3 Å². The lowest BCUT2D eigenvalue weighted by Crippen LogP contribution is -2.21. The molecule has 0 unspecified atom stereocenters. The third-order valence-corrected chi connectivity index (χ3v) is 5.91. The van der Waals surface area contributed by atoms with Crippen LogP contribution in [0.15, 0.2) is 23.0 Å². The van der Waals surface area contributed by atoms with Gasteiger partial charge in [0.15, 0.2) is 5.75 Å². The van der Waals surface area contributed by atoms with Crippen LogP contribution in [-0.2, 0) is 6.54 Å². The molecule has 180 valence electrons. The number of nitrogens with zero attached hydrogens (tertiary/aromatic N) is 1. The Labute approximate surface area is 193 Å². The Bertz CT molecular complexity index is 859. The third-order valence-electron chi connectivity index (χ3n) is 5.91. The third kappa shape index (κ3) is 7.75. The minimum Gasteiger partial charge on any atom is -0.500 e. The van der Waals surface area contributed by atoms with E-state index in [1.54, 1.807) is 4.57 Å². The Balaban J connectivity index is 2.18. The van der Waals surface area contributed by atoms with E-state index < -0.39 is 0 Å². The second-order valence-electron chi connectivity index (χ2n) is 8.69. The molecule has 32 heavy (non-hydrogen) atoms. The number of unbranched alkanes of at least 4 members (excludes halogenated alkanes) is 9. The molecule has 0 radical (unpaired) electrons. The van der Waals surface area contributed by atoms with Crippen LogP contribution in [0.2, 0.25) is 0 Å². The van der Waals surface area contributed by atoms with Gasteiger partial charge in [0.2, 0.25) is 5.75 Å². The zero-order valence-corrected chi connectivity index (χ0v) is 20.5. The van der Waals surface area contributed by atoms with Gasteiger partial charge in [0.25, 0.3) is 5.56 Å².